The van der Waals surface area contributed by atoms with Crippen molar-refractivity contribution >= 4 is 29.3 Å². The second-order valence-electron chi connectivity index (χ2n) is 5.77. The molecule has 5 heteroatoms. The van der Waals surface area contributed by atoms with E-state index in [-0.39, 0.29) is 11.9 Å². The largest absolute Gasteiger partial charge is 0.348 e. The van der Waals surface area contributed by atoms with E-state index in [0.29, 0.717) is 5.02 Å². The van der Waals surface area contributed by atoms with Gasteiger partial charge in [0.15, 0.2) is 0 Å². The van der Waals surface area contributed by atoms with Gasteiger partial charge < -0.3 is 11.1 Å². The first-order valence-electron chi connectivity index (χ1n) is 7.59. The molecule has 23 heavy (non-hydrogen) atoms. The number of rotatable bonds is 3. The lowest BCUT2D eigenvalue weighted by Crippen LogP contribution is -2.37. The third-order valence-electron chi connectivity index (χ3n) is 4.05. The molecule has 1 aliphatic rings. The normalized spacial score (nSPS) is 18.1. The van der Waals surface area contributed by atoms with Gasteiger partial charge in [-0.05, 0) is 42.7 Å². The van der Waals surface area contributed by atoms with Gasteiger partial charge in [0.2, 0.25) is 5.91 Å². The van der Waals surface area contributed by atoms with E-state index in [1.54, 1.807) is 11.8 Å². The summed E-state index contributed by atoms with van der Waals surface area (Å²) in [4.78, 5) is 13.7. The van der Waals surface area contributed by atoms with Gasteiger partial charge in [-0.25, -0.2) is 0 Å². The van der Waals surface area contributed by atoms with Crippen molar-refractivity contribution in [3.63, 3.8) is 0 Å². The van der Waals surface area contributed by atoms with Crippen LogP contribution in [0.1, 0.15) is 35.2 Å². The van der Waals surface area contributed by atoms with Crippen LogP contribution in [0.3, 0.4) is 0 Å². The molecule has 2 atom stereocenters. The fraction of sp³-hybridized carbons (Fsp3) is 0.278. The summed E-state index contributed by atoms with van der Waals surface area (Å²) in [6.45, 7) is 2.01. The van der Waals surface area contributed by atoms with Crippen molar-refractivity contribution < 1.29 is 4.79 Å². The van der Waals surface area contributed by atoms with E-state index in [2.05, 4.69) is 5.32 Å². The summed E-state index contributed by atoms with van der Waals surface area (Å²) in [6.07, 6.45) is 0.879. The highest BCUT2D eigenvalue weighted by Gasteiger charge is 2.25. The number of fused-ring (bicyclic) bond motifs is 1. The van der Waals surface area contributed by atoms with Crippen LogP contribution in [0, 0.1) is 6.92 Å². The van der Waals surface area contributed by atoms with Gasteiger partial charge in [-0.1, -0.05) is 41.4 Å². The molecule has 0 aromatic heterocycles. The number of benzene rings is 2. The van der Waals surface area contributed by atoms with Gasteiger partial charge in [-0.2, -0.15) is 0 Å². The number of halogens is 1. The average molecular weight is 347 g/mol. The molecule has 3 rings (SSSR count). The van der Waals surface area contributed by atoms with Gasteiger partial charge in [0.05, 0.1) is 6.04 Å². The first-order chi connectivity index (χ1) is 11.0. The zero-order valence-corrected chi connectivity index (χ0v) is 14.5. The number of hydrogen-bond donors (Lipinski definition) is 2. The Balaban J connectivity index is 1.76. The molecule has 3 nitrogen and oxygen atoms in total. The minimum Gasteiger partial charge on any atom is -0.348 e. The first kappa shape index (κ1) is 16.4. The number of hydrogen-bond acceptors (Lipinski definition) is 3. The lowest BCUT2D eigenvalue weighted by Gasteiger charge is -2.27. The van der Waals surface area contributed by atoms with Crippen molar-refractivity contribution in [2.24, 2.45) is 5.73 Å². The summed E-state index contributed by atoms with van der Waals surface area (Å²) in [5.74, 6) is 0.816. The van der Waals surface area contributed by atoms with Crippen molar-refractivity contribution in [1.29, 1.82) is 0 Å². The van der Waals surface area contributed by atoms with E-state index in [9.17, 15) is 4.79 Å². The smallest absolute Gasteiger partial charge is 0.241 e. The molecule has 2 aromatic carbocycles. The predicted octanol–water partition coefficient (Wildman–Crippen LogP) is 4.00. The van der Waals surface area contributed by atoms with Gasteiger partial charge in [0, 0.05) is 15.7 Å². The fourth-order valence-corrected chi connectivity index (χ4v) is 3.99. The third kappa shape index (κ3) is 3.71. The number of aryl methyl sites for hydroxylation is 1. The molecule has 0 bridgehead atoms. The molecule has 1 amide bonds. The van der Waals surface area contributed by atoms with E-state index >= 15 is 0 Å². The lowest BCUT2D eigenvalue weighted by molar-refractivity contribution is -0.123. The zero-order chi connectivity index (χ0) is 16.4. The minimum absolute atomic E-state index is 0.0334. The molecule has 2 unspecified atom stereocenters. The summed E-state index contributed by atoms with van der Waals surface area (Å²) in [5.41, 5.74) is 9.17. The van der Waals surface area contributed by atoms with Crippen molar-refractivity contribution in [2.45, 2.75) is 30.3 Å². The van der Waals surface area contributed by atoms with Gasteiger partial charge in [0.25, 0.3) is 0 Å². The average Bonchev–Trinajstić information content (AvgIpc) is 2.55. The SMILES string of the molecule is Cc1ccc(C(N)C(=O)NC2CCSc3ccc(Cl)cc32)cc1. The Bertz CT molecular complexity index is 717. The van der Waals surface area contributed by atoms with E-state index in [1.807, 2.05) is 49.4 Å². The Labute approximate surface area is 145 Å². The molecular weight excluding hydrogens is 328 g/mol. The maximum atomic E-state index is 12.5. The quantitative estimate of drug-likeness (QED) is 0.883. The molecule has 120 valence electrons. The summed E-state index contributed by atoms with van der Waals surface area (Å²) < 4.78 is 0. The molecule has 2 aromatic rings. The van der Waals surface area contributed by atoms with E-state index in [1.165, 1.54) is 4.90 Å². The second-order valence-corrected chi connectivity index (χ2v) is 7.34. The van der Waals surface area contributed by atoms with Gasteiger partial charge in [-0.15, -0.1) is 11.8 Å². The van der Waals surface area contributed by atoms with Crippen LogP contribution in [0.4, 0.5) is 0 Å². The van der Waals surface area contributed by atoms with E-state index in [0.717, 1.165) is 28.9 Å². The molecule has 1 aliphatic heterocycles. The van der Waals surface area contributed by atoms with Gasteiger partial charge >= 0.3 is 0 Å². The highest BCUT2D eigenvalue weighted by molar-refractivity contribution is 7.99. The highest BCUT2D eigenvalue weighted by Crippen LogP contribution is 2.37. The maximum absolute atomic E-state index is 12.5. The minimum atomic E-state index is -0.659. The standard InChI is InChI=1S/C18H19ClN2OS/c1-11-2-4-12(5-3-11)17(20)18(22)21-15-8-9-23-16-7-6-13(19)10-14(15)16/h2-7,10,15,17H,8-9,20H2,1H3,(H,21,22). The van der Waals surface area contributed by atoms with Crippen molar-refractivity contribution in [2.75, 3.05) is 5.75 Å². The second kappa shape index (κ2) is 6.95. The summed E-state index contributed by atoms with van der Waals surface area (Å²) in [5, 5.41) is 3.77. The van der Waals surface area contributed by atoms with Crippen LogP contribution >= 0.6 is 23.4 Å². The first-order valence-corrected chi connectivity index (χ1v) is 8.96. The van der Waals surface area contributed by atoms with Crippen LogP contribution in [-0.4, -0.2) is 11.7 Å². The Morgan fingerprint density at radius 3 is 2.78 bits per heavy atom. The Morgan fingerprint density at radius 1 is 1.30 bits per heavy atom. The maximum Gasteiger partial charge on any atom is 0.241 e. The molecule has 0 saturated heterocycles. The van der Waals surface area contributed by atoms with Crippen LogP contribution in [0.25, 0.3) is 0 Å². The highest BCUT2D eigenvalue weighted by atomic mass is 35.5. The number of carbonyl (C=O) groups is 1. The Kier molecular flexibility index (Phi) is 4.95. The molecule has 0 spiro atoms. The Morgan fingerprint density at radius 2 is 2.04 bits per heavy atom. The Hall–Kier alpha value is -1.49. The molecule has 0 aliphatic carbocycles. The lowest BCUT2D eigenvalue weighted by atomic mass is 10.0. The molecule has 0 fully saturated rings. The number of nitrogens with two attached hydrogens (primary N) is 1. The fourth-order valence-electron chi connectivity index (χ4n) is 2.70. The summed E-state index contributed by atoms with van der Waals surface area (Å²) in [7, 11) is 0. The summed E-state index contributed by atoms with van der Waals surface area (Å²) >= 11 is 7.90. The molecule has 0 radical (unpaired) electrons. The van der Waals surface area contributed by atoms with Crippen LogP contribution < -0.4 is 11.1 Å². The van der Waals surface area contributed by atoms with Crippen molar-refractivity contribution in [3.8, 4) is 0 Å². The van der Waals surface area contributed by atoms with Gasteiger partial charge in [-0.3, -0.25) is 4.79 Å². The van der Waals surface area contributed by atoms with E-state index < -0.39 is 6.04 Å². The summed E-state index contributed by atoms with van der Waals surface area (Å²) in [6, 6.07) is 12.9. The van der Waals surface area contributed by atoms with Crippen LogP contribution in [0.2, 0.25) is 5.02 Å². The number of nitrogens with one attached hydrogen (secondary N) is 1. The third-order valence-corrected chi connectivity index (χ3v) is 5.40. The monoisotopic (exact) mass is 346 g/mol. The molecule has 0 saturated carbocycles. The number of amides is 1. The van der Waals surface area contributed by atoms with Gasteiger partial charge in [0.1, 0.15) is 6.04 Å². The van der Waals surface area contributed by atoms with Crippen LogP contribution in [-0.2, 0) is 4.79 Å². The molecule has 3 N–H and O–H groups in total. The van der Waals surface area contributed by atoms with E-state index in [4.69, 9.17) is 17.3 Å². The predicted molar refractivity (Wildman–Crippen MR) is 95.8 cm³/mol. The number of thioether (sulfide) groups is 1. The topological polar surface area (TPSA) is 55.1 Å². The van der Waals surface area contributed by atoms with Crippen LogP contribution in [0.5, 0.6) is 0 Å². The zero-order valence-electron chi connectivity index (χ0n) is 12.9. The van der Waals surface area contributed by atoms with Crippen molar-refractivity contribution in [1.82, 2.24) is 5.32 Å². The van der Waals surface area contributed by atoms with Crippen molar-refractivity contribution in [3.05, 3.63) is 64.2 Å². The van der Waals surface area contributed by atoms with Crippen LogP contribution in [0.15, 0.2) is 47.4 Å². The molecular formula is C18H19ClN2OS. The molecule has 1 heterocycles. The number of carbonyl (C=O) groups excluding carboxylic acids is 1.